The van der Waals surface area contributed by atoms with Crippen LogP contribution < -0.4 is 10.4 Å². The van der Waals surface area contributed by atoms with Crippen LogP contribution in [-0.4, -0.2) is 110 Å². The van der Waals surface area contributed by atoms with E-state index in [0.717, 1.165) is 0 Å². The number of aliphatic hydroxyl groups excluding tert-OH is 7. The molecule has 1 unspecified atom stereocenters. The fourth-order valence-electron chi connectivity index (χ4n) is 4.17. The smallest absolute Gasteiger partial charge is 0.336 e. The molecule has 3 heterocycles. The van der Waals surface area contributed by atoms with E-state index in [1.807, 2.05) is 0 Å². The summed E-state index contributed by atoms with van der Waals surface area (Å²) in [5.74, 6) is 0.146. The molecule has 0 spiro atoms. The second-order valence-corrected chi connectivity index (χ2v) is 8.53. The van der Waals surface area contributed by atoms with Crippen LogP contribution in [0, 0.1) is 6.92 Å². The van der Waals surface area contributed by atoms with Crippen molar-refractivity contribution in [2.45, 2.75) is 68.3 Å². The number of hydrogen-bond donors (Lipinski definition) is 7. The Morgan fingerprint density at radius 3 is 2.17 bits per heavy atom. The zero-order valence-electron chi connectivity index (χ0n) is 18.6. The van der Waals surface area contributed by atoms with Gasteiger partial charge in [-0.2, -0.15) is 0 Å². The van der Waals surface area contributed by atoms with E-state index in [2.05, 4.69) is 0 Å². The lowest BCUT2D eigenvalue weighted by Crippen LogP contribution is -2.65. The summed E-state index contributed by atoms with van der Waals surface area (Å²) in [4.78, 5) is 11.7. The van der Waals surface area contributed by atoms with Gasteiger partial charge in [-0.25, -0.2) is 4.79 Å². The first-order valence-electron chi connectivity index (χ1n) is 10.9. The van der Waals surface area contributed by atoms with E-state index < -0.39 is 80.3 Å². The van der Waals surface area contributed by atoms with Gasteiger partial charge in [0.25, 0.3) is 0 Å². The fourth-order valence-corrected chi connectivity index (χ4v) is 4.17. The fraction of sp³-hybridized carbons (Fsp3) is 0.591. The van der Waals surface area contributed by atoms with Crippen molar-refractivity contribution in [3.8, 4) is 5.75 Å². The summed E-state index contributed by atoms with van der Waals surface area (Å²) in [5.41, 5.74) is 0.381. The summed E-state index contributed by atoms with van der Waals surface area (Å²) in [6.45, 7) is 0.352. The minimum absolute atomic E-state index is 0.146. The Morgan fingerprint density at radius 2 is 1.49 bits per heavy atom. The summed E-state index contributed by atoms with van der Waals surface area (Å²) in [7, 11) is 0. The van der Waals surface area contributed by atoms with E-state index in [0.29, 0.717) is 10.9 Å². The molecule has 1 aromatic carbocycles. The summed E-state index contributed by atoms with van der Waals surface area (Å²) < 4.78 is 27.1. The molecule has 7 N–H and O–H groups in total. The molecule has 13 heteroatoms. The van der Waals surface area contributed by atoms with E-state index in [-0.39, 0.29) is 11.3 Å². The van der Waals surface area contributed by atoms with Crippen LogP contribution in [0.5, 0.6) is 5.75 Å². The van der Waals surface area contributed by atoms with Gasteiger partial charge in [-0.15, -0.1) is 0 Å². The molecular formula is C22H28O13. The van der Waals surface area contributed by atoms with Crippen LogP contribution in [0.3, 0.4) is 0 Å². The number of hydrogen-bond acceptors (Lipinski definition) is 13. The highest BCUT2D eigenvalue weighted by atomic mass is 16.7. The van der Waals surface area contributed by atoms with E-state index in [1.54, 1.807) is 19.1 Å². The topological polar surface area (TPSA) is 209 Å². The SMILES string of the molecule is Cc1cc(=O)oc2cc(O[C@@H]3OC(CO)[C@@H](O[C@@H]4O[C@H](CO)[C@H](O)[C@H](O)[C@H]4O)[C@H](O)[C@H]3O)ccc12. The molecule has 2 fully saturated rings. The van der Waals surface area contributed by atoms with Crippen LogP contribution in [-0.2, 0) is 14.2 Å². The molecular weight excluding hydrogens is 472 g/mol. The monoisotopic (exact) mass is 500 g/mol. The predicted molar refractivity (Wildman–Crippen MR) is 114 cm³/mol. The minimum Gasteiger partial charge on any atom is -0.462 e. The lowest BCUT2D eigenvalue weighted by molar-refractivity contribution is -0.352. The van der Waals surface area contributed by atoms with Crippen molar-refractivity contribution in [3.63, 3.8) is 0 Å². The Kier molecular flexibility index (Phi) is 7.73. The first-order valence-corrected chi connectivity index (χ1v) is 10.9. The molecule has 10 atom stereocenters. The molecule has 2 aliphatic rings. The van der Waals surface area contributed by atoms with Crippen LogP contribution in [0.4, 0.5) is 0 Å². The van der Waals surface area contributed by atoms with Crippen molar-refractivity contribution in [2.24, 2.45) is 0 Å². The Balaban J connectivity index is 1.50. The highest BCUT2D eigenvalue weighted by molar-refractivity contribution is 5.81. The van der Waals surface area contributed by atoms with Crippen molar-refractivity contribution in [1.82, 2.24) is 0 Å². The highest BCUT2D eigenvalue weighted by Gasteiger charge is 2.51. The minimum atomic E-state index is -1.76. The number of rotatable bonds is 6. The van der Waals surface area contributed by atoms with Gasteiger partial charge in [-0.3, -0.25) is 0 Å². The predicted octanol–water partition coefficient (Wildman–Crippen LogP) is -2.90. The molecule has 0 saturated carbocycles. The van der Waals surface area contributed by atoms with Gasteiger partial charge in [0, 0.05) is 17.5 Å². The summed E-state index contributed by atoms with van der Waals surface area (Å²) in [5, 5.41) is 71.1. The van der Waals surface area contributed by atoms with Gasteiger partial charge >= 0.3 is 5.63 Å². The molecule has 0 radical (unpaired) electrons. The van der Waals surface area contributed by atoms with Gasteiger partial charge < -0.3 is 59.1 Å². The molecule has 0 bridgehead atoms. The van der Waals surface area contributed by atoms with Gasteiger partial charge in [0.05, 0.1) is 13.2 Å². The van der Waals surface area contributed by atoms with Crippen molar-refractivity contribution < 1.29 is 59.1 Å². The lowest BCUT2D eigenvalue weighted by atomic mass is 9.97. The van der Waals surface area contributed by atoms with Crippen molar-refractivity contribution in [3.05, 3.63) is 40.2 Å². The van der Waals surface area contributed by atoms with Crippen molar-refractivity contribution >= 4 is 11.0 Å². The van der Waals surface area contributed by atoms with Crippen LogP contribution in [0.1, 0.15) is 5.56 Å². The molecule has 194 valence electrons. The summed E-state index contributed by atoms with van der Waals surface area (Å²) in [6.07, 6.45) is -15.6. The average molecular weight is 500 g/mol. The summed E-state index contributed by atoms with van der Waals surface area (Å²) in [6, 6.07) is 5.94. The maximum Gasteiger partial charge on any atom is 0.336 e. The number of benzene rings is 1. The van der Waals surface area contributed by atoms with Crippen LogP contribution >= 0.6 is 0 Å². The highest BCUT2D eigenvalue weighted by Crippen LogP contribution is 2.31. The third kappa shape index (κ3) is 5.06. The Morgan fingerprint density at radius 1 is 0.829 bits per heavy atom. The van der Waals surface area contributed by atoms with Crippen LogP contribution in [0.2, 0.25) is 0 Å². The number of aliphatic hydroxyl groups is 7. The van der Waals surface area contributed by atoms with Crippen LogP contribution in [0.15, 0.2) is 33.5 Å². The second-order valence-electron chi connectivity index (χ2n) is 8.53. The zero-order chi connectivity index (χ0) is 25.4. The average Bonchev–Trinajstić information content (AvgIpc) is 2.83. The van der Waals surface area contributed by atoms with E-state index in [1.165, 1.54) is 12.1 Å². The lowest BCUT2D eigenvalue weighted by Gasteiger charge is -2.45. The Hall–Kier alpha value is -2.17. The quantitative estimate of drug-likeness (QED) is 0.199. The third-order valence-electron chi connectivity index (χ3n) is 6.14. The molecule has 4 rings (SSSR count). The molecule has 2 aromatic rings. The van der Waals surface area contributed by atoms with Gasteiger partial charge in [0.1, 0.15) is 60.2 Å². The van der Waals surface area contributed by atoms with Crippen molar-refractivity contribution in [2.75, 3.05) is 13.2 Å². The standard InChI is InChI=1S/C22H28O13/c1-8-4-14(25)32-11-5-9(2-3-10(8)11)31-21-19(30)17(28)20(13(7-24)34-21)35-22-18(29)16(27)15(26)12(6-23)33-22/h2-5,12-13,15-24,26-30H,6-7H2,1H3/t12-,13?,15+,16+,17-,18-,19-,20-,21-,22+/m1/s1. The normalized spacial score (nSPS) is 37.9. The summed E-state index contributed by atoms with van der Waals surface area (Å²) >= 11 is 0. The van der Waals surface area contributed by atoms with E-state index >= 15 is 0 Å². The molecule has 0 amide bonds. The molecule has 2 aliphatic heterocycles. The molecule has 13 nitrogen and oxygen atoms in total. The second kappa shape index (κ2) is 10.4. The maximum absolute atomic E-state index is 11.7. The molecule has 35 heavy (non-hydrogen) atoms. The van der Waals surface area contributed by atoms with Crippen LogP contribution in [0.25, 0.3) is 11.0 Å². The van der Waals surface area contributed by atoms with Gasteiger partial charge in [-0.1, -0.05) is 0 Å². The number of fused-ring (bicyclic) bond motifs is 1. The first-order chi connectivity index (χ1) is 16.6. The largest absolute Gasteiger partial charge is 0.462 e. The van der Waals surface area contributed by atoms with Crippen molar-refractivity contribution in [1.29, 1.82) is 0 Å². The molecule has 0 aliphatic carbocycles. The zero-order valence-corrected chi connectivity index (χ0v) is 18.6. The number of aryl methyl sites for hydroxylation is 1. The van der Waals surface area contributed by atoms with Gasteiger partial charge in [0.15, 0.2) is 6.29 Å². The molecule has 2 saturated heterocycles. The Bertz CT molecular complexity index is 1070. The Labute approximate surface area is 198 Å². The maximum atomic E-state index is 11.7. The molecule has 1 aromatic heterocycles. The first kappa shape index (κ1) is 25.9. The van der Waals surface area contributed by atoms with E-state index in [9.17, 15) is 40.5 Å². The van der Waals surface area contributed by atoms with Gasteiger partial charge in [0.2, 0.25) is 6.29 Å². The number of ether oxygens (including phenoxy) is 4. The van der Waals surface area contributed by atoms with E-state index in [4.69, 9.17) is 23.4 Å². The van der Waals surface area contributed by atoms with Gasteiger partial charge in [-0.05, 0) is 24.6 Å². The third-order valence-corrected chi connectivity index (χ3v) is 6.14.